The van der Waals surface area contributed by atoms with Crippen LogP contribution in [0.4, 0.5) is 0 Å². The van der Waals surface area contributed by atoms with Gasteiger partial charge in [0.2, 0.25) is 0 Å². The quantitative estimate of drug-likeness (QED) is 0.842. The van der Waals surface area contributed by atoms with E-state index in [0.29, 0.717) is 11.9 Å². The van der Waals surface area contributed by atoms with Crippen LogP contribution >= 0.6 is 0 Å². The summed E-state index contributed by atoms with van der Waals surface area (Å²) in [5.74, 6) is 0.925. The summed E-state index contributed by atoms with van der Waals surface area (Å²) in [6.45, 7) is 2.08. The van der Waals surface area contributed by atoms with Gasteiger partial charge in [-0.2, -0.15) is 0 Å². The zero-order valence-corrected chi connectivity index (χ0v) is 9.91. The molecule has 0 radical (unpaired) electrons. The summed E-state index contributed by atoms with van der Waals surface area (Å²) in [6.07, 6.45) is 7.30. The molecule has 0 unspecified atom stereocenters. The highest BCUT2D eigenvalue weighted by Gasteiger charge is 2.16. The van der Waals surface area contributed by atoms with E-state index in [0.717, 1.165) is 24.8 Å². The van der Waals surface area contributed by atoms with Crippen LogP contribution in [0.2, 0.25) is 0 Å². The standard InChI is InChI=1S/C14H20O2/c1-2-11-8-9-14(13(15)10-11)16-12-6-4-3-5-7-12/h8-10,12,15H,2-7H2,1H3. The second-order valence-electron chi connectivity index (χ2n) is 4.53. The molecule has 16 heavy (non-hydrogen) atoms. The summed E-state index contributed by atoms with van der Waals surface area (Å²) in [6, 6.07) is 5.72. The van der Waals surface area contributed by atoms with Gasteiger partial charge in [-0.15, -0.1) is 0 Å². The van der Waals surface area contributed by atoms with Gasteiger partial charge < -0.3 is 9.84 Å². The van der Waals surface area contributed by atoms with E-state index >= 15 is 0 Å². The Morgan fingerprint density at radius 3 is 2.62 bits per heavy atom. The zero-order valence-electron chi connectivity index (χ0n) is 9.91. The average molecular weight is 220 g/mol. The highest BCUT2D eigenvalue weighted by molar-refractivity contribution is 5.41. The number of hydrogen-bond acceptors (Lipinski definition) is 2. The Morgan fingerprint density at radius 1 is 1.25 bits per heavy atom. The van der Waals surface area contributed by atoms with Crippen LogP contribution < -0.4 is 4.74 Å². The lowest BCUT2D eigenvalue weighted by atomic mass is 9.98. The molecular weight excluding hydrogens is 200 g/mol. The van der Waals surface area contributed by atoms with Crippen molar-refractivity contribution in [3.63, 3.8) is 0 Å². The lowest BCUT2D eigenvalue weighted by Crippen LogP contribution is -2.19. The number of phenols is 1. The molecule has 88 valence electrons. The third-order valence-corrected chi connectivity index (χ3v) is 3.28. The predicted molar refractivity (Wildman–Crippen MR) is 65.0 cm³/mol. The topological polar surface area (TPSA) is 29.5 Å². The van der Waals surface area contributed by atoms with Gasteiger partial charge >= 0.3 is 0 Å². The van der Waals surface area contributed by atoms with Crippen molar-refractivity contribution < 1.29 is 9.84 Å². The molecule has 0 atom stereocenters. The van der Waals surface area contributed by atoms with E-state index in [4.69, 9.17) is 4.74 Å². The molecule has 1 aliphatic carbocycles. The summed E-state index contributed by atoms with van der Waals surface area (Å²) >= 11 is 0. The molecule has 0 spiro atoms. The van der Waals surface area contributed by atoms with Gasteiger partial charge in [-0.05, 0) is 49.8 Å². The maximum atomic E-state index is 9.83. The molecule has 1 N–H and O–H groups in total. The lowest BCUT2D eigenvalue weighted by molar-refractivity contribution is 0.150. The van der Waals surface area contributed by atoms with Crippen molar-refractivity contribution in [2.24, 2.45) is 0 Å². The Kier molecular flexibility index (Phi) is 3.70. The van der Waals surface area contributed by atoms with Crippen molar-refractivity contribution in [3.05, 3.63) is 23.8 Å². The summed E-state index contributed by atoms with van der Waals surface area (Å²) in [5, 5.41) is 9.83. The van der Waals surface area contributed by atoms with E-state index in [1.54, 1.807) is 6.07 Å². The Morgan fingerprint density at radius 2 is 2.00 bits per heavy atom. The number of phenolic OH excluding ortho intramolecular Hbond substituents is 1. The van der Waals surface area contributed by atoms with Gasteiger partial charge in [-0.1, -0.05) is 19.4 Å². The first kappa shape index (κ1) is 11.3. The fourth-order valence-corrected chi connectivity index (χ4v) is 2.25. The van der Waals surface area contributed by atoms with Crippen LogP contribution in [0.15, 0.2) is 18.2 Å². The number of benzene rings is 1. The smallest absolute Gasteiger partial charge is 0.161 e. The molecule has 0 bridgehead atoms. The van der Waals surface area contributed by atoms with Crippen LogP contribution in [-0.4, -0.2) is 11.2 Å². The van der Waals surface area contributed by atoms with Gasteiger partial charge in [0, 0.05) is 0 Å². The first-order valence-corrected chi connectivity index (χ1v) is 6.28. The van der Waals surface area contributed by atoms with Gasteiger partial charge in [0.25, 0.3) is 0 Å². The fourth-order valence-electron chi connectivity index (χ4n) is 2.25. The molecule has 2 heteroatoms. The monoisotopic (exact) mass is 220 g/mol. The fraction of sp³-hybridized carbons (Fsp3) is 0.571. The predicted octanol–water partition coefficient (Wildman–Crippen LogP) is 3.67. The third-order valence-electron chi connectivity index (χ3n) is 3.28. The molecular formula is C14H20O2. The molecule has 1 saturated carbocycles. The van der Waals surface area contributed by atoms with Crippen molar-refractivity contribution in [1.82, 2.24) is 0 Å². The minimum atomic E-state index is 0.282. The van der Waals surface area contributed by atoms with Crippen molar-refractivity contribution in [1.29, 1.82) is 0 Å². The van der Waals surface area contributed by atoms with Crippen molar-refractivity contribution >= 4 is 0 Å². The van der Waals surface area contributed by atoms with Crippen LogP contribution in [0.3, 0.4) is 0 Å². The number of aryl methyl sites for hydroxylation is 1. The SMILES string of the molecule is CCc1ccc(OC2CCCCC2)c(O)c1. The van der Waals surface area contributed by atoms with Gasteiger partial charge in [0.1, 0.15) is 0 Å². The minimum absolute atomic E-state index is 0.282. The van der Waals surface area contributed by atoms with Crippen molar-refractivity contribution in [2.45, 2.75) is 51.6 Å². The van der Waals surface area contributed by atoms with E-state index in [9.17, 15) is 5.11 Å². The molecule has 0 aromatic heterocycles. The lowest BCUT2D eigenvalue weighted by Gasteiger charge is -2.23. The normalized spacial score (nSPS) is 17.3. The summed E-state index contributed by atoms with van der Waals surface area (Å²) in [7, 11) is 0. The Balaban J connectivity index is 2.03. The van der Waals surface area contributed by atoms with Crippen LogP contribution in [0, 0.1) is 0 Å². The molecule has 2 nitrogen and oxygen atoms in total. The third kappa shape index (κ3) is 2.69. The minimum Gasteiger partial charge on any atom is -0.504 e. The summed E-state index contributed by atoms with van der Waals surface area (Å²) in [5.41, 5.74) is 1.15. The average Bonchev–Trinajstić information content (AvgIpc) is 2.33. The maximum Gasteiger partial charge on any atom is 0.161 e. The van der Waals surface area contributed by atoms with E-state index in [2.05, 4.69) is 6.92 Å². The first-order chi connectivity index (χ1) is 7.79. The summed E-state index contributed by atoms with van der Waals surface area (Å²) < 4.78 is 5.84. The van der Waals surface area contributed by atoms with Gasteiger partial charge in [-0.25, -0.2) is 0 Å². The number of ether oxygens (including phenoxy) is 1. The molecule has 2 rings (SSSR count). The van der Waals surface area contributed by atoms with Crippen LogP contribution in [-0.2, 0) is 6.42 Å². The number of aromatic hydroxyl groups is 1. The highest BCUT2D eigenvalue weighted by Crippen LogP contribution is 2.31. The Bertz CT molecular complexity index is 341. The van der Waals surface area contributed by atoms with Gasteiger partial charge in [0.15, 0.2) is 11.5 Å². The molecule has 0 aliphatic heterocycles. The molecule has 0 amide bonds. The van der Waals surface area contributed by atoms with E-state index < -0.39 is 0 Å². The number of rotatable bonds is 3. The molecule has 1 aromatic rings. The van der Waals surface area contributed by atoms with Crippen molar-refractivity contribution in [2.75, 3.05) is 0 Å². The second-order valence-corrected chi connectivity index (χ2v) is 4.53. The van der Waals surface area contributed by atoms with Crippen LogP contribution in [0.25, 0.3) is 0 Å². The molecule has 1 aromatic carbocycles. The van der Waals surface area contributed by atoms with Gasteiger partial charge in [-0.3, -0.25) is 0 Å². The second kappa shape index (κ2) is 5.24. The number of hydrogen-bond donors (Lipinski definition) is 1. The summed E-state index contributed by atoms with van der Waals surface area (Å²) in [4.78, 5) is 0. The molecule has 0 saturated heterocycles. The molecule has 0 heterocycles. The van der Waals surface area contributed by atoms with Gasteiger partial charge in [0.05, 0.1) is 6.10 Å². The largest absolute Gasteiger partial charge is 0.504 e. The van der Waals surface area contributed by atoms with E-state index in [-0.39, 0.29) is 5.75 Å². The van der Waals surface area contributed by atoms with Crippen molar-refractivity contribution in [3.8, 4) is 11.5 Å². The van der Waals surface area contributed by atoms with Crippen LogP contribution in [0.1, 0.15) is 44.6 Å². The van der Waals surface area contributed by atoms with Crippen LogP contribution in [0.5, 0.6) is 11.5 Å². The van der Waals surface area contributed by atoms with E-state index in [1.165, 1.54) is 19.3 Å². The zero-order chi connectivity index (χ0) is 11.4. The maximum absolute atomic E-state index is 9.83. The molecule has 1 fully saturated rings. The van der Waals surface area contributed by atoms with E-state index in [1.807, 2.05) is 12.1 Å². The Labute approximate surface area is 97.3 Å². The first-order valence-electron chi connectivity index (χ1n) is 6.28. The molecule has 1 aliphatic rings. The highest BCUT2D eigenvalue weighted by atomic mass is 16.5. The Hall–Kier alpha value is -1.18.